The van der Waals surface area contributed by atoms with Gasteiger partial charge in [0.15, 0.2) is 0 Å². The zero-order chi connectivity index (χ0) is 21.2. The van der Waals surface area contributed by atoms with Crippen LogP contribution in [-0.2, 0) is 4.79 Å². The molecule has 156 valence electrons. The van der Waals surface area contributed by atoms with Crippen molar-refractivity contribution in [3.8, 4) is 0 Å². The fourth-order valence-electron chi connectivity index (χ4n) is 4.51. The first-order valence-electron chi connectivity index (χ1n) is 10.5. The Morgan fingerprint density at radius 2 is 1.52 bits per heavy atom. The van der Waals surface area contributed by atoms with E-state index in [1.54, 1.807) is 0 Å². The minimum absolute atomic E-state index is 0.0187. The lowest BCUT2D eigenvalue weighted by Gasteiger charge is -2.32. The van der Waals surface area contributed by atoms with Gasteiger partial charge in [-0.1, -0.05) is 72.8 Å². The van der Waals surface area contributed by atoms with Gasteiger partial charge in [0.05, 0.1) is 23.5 Å². The average Bonchev–Trinajstić information content (AvgIpc) is 3.23. The first kappa shape index (κ1) is 19.2. The van der Waals surface area contributed by atoms with Gasteiger partial charge in [0.1, 0.15) is 6.04 Å². The Balaban J connectivity index is 1.31. The molecular formula is C25H24N4O2. The highest BCUT2D eigenvalue weighted by Gasteiger charge is 2.41. The lowest BCUT2D eigenvalue weighted by molar-refractivity contribution is -0.117. The highest BCUT2D eigenvalue weighted by molar-refractivity contribution is 6.04. The number of hydrogen-bond acceptors (Lipinski definition) is 3. The van der Waals surface area contributed by atoms with Gasteiger partial charge in [-0.2, -0.15) is 0 Å². The number of nitrogens with zero attached hydrogens (tertiary/aromatic N) is 1. The first-order valence-corrected chi connectivity index (χ1v) is 10.5. The standard InChI is InChI=1S/C25H24N4O2/c30-24-22-15-19(16-29(22)21-14-8-7-13-20(21)27-24)26-25(31)28-23(17-9-3-1-4-10-17)18-11-5-2-6-12-18/h1-14,19,22-23H,15-16H2,(H,27,30)(H2,26,28,31). The Kier molecular flexibility index (Phi) is 5.04. The number of fused-ring (bicyclic) bond motifs is 3. The Morgan fingerprint density at radius 1 is 0.903 bits per heavy atom. The molecule has 31 heavy (non-hydrogen) atoms. The molecule has 3 amide bonds. The Labute approximate surface area is 181 Å². The van der Waals surface area contributed by atoms with Crippen LogP contribution in [0.1, 0.15) is 23.6 Å². The Bertz CT molecular complexity index is 1050. The number of benzene rings is 3. The smallest absolute Gasteiger partial charge is 0.315 e. The second-order valence-corrected chi connectivity index (χ2v) is 7.98. The molecule has 0 aliphatic carbocycles. The summed E-state index contributed by atoms with van der Waals surface area (Å²) in [4.78, 5) is 27.6. The van der Waals surface area contributed by atoms with E-state index in [0.717, 1.165) is 22.5 Å². The summed E-state index contributed by atoms with van der Waals surface area (Å²) in [5, 5.41) is 9.18. The van der Waals surface area contributed by atoms with E-state index in [9.17, 15) is 9.59 Å². The van der Waals surface area contributed by atoms with E-state index in [4.69, 9.17) is 0 Å². The minimum Gasteiger partial charge on any atom is -0.356 e. The van der Waals surface area contributed by atoms with E-state index in [0.29, 0.717) is 13.0 Å². The third-order valence-electron chi connectivity index (χ3n) is 5.95. The molecule has 2 atom stereocenters. The van der Waals surface area contributed by atoms with Crippen LogP contribution in [0.3, 0.4) is 0 Å². The Morgan fingerprint density at radius 3 is 2.19 bits per heavy atom. The molecule has 0 aromatic heterocycles. The van der Waals surface area contributed by atoms with Crippen LogP contribution in [0, 0.1) is 0 Å². The number of carbonyl (C=O) groups excluding carboxylic acids is 2. The predicted molar refractivity (Wildman–Crippen MR) is 121 cm³/mol. The zero-order valence-electron chi connectivity index (χ0n) is 17.0. The summed E-state index contributed by atoms with van der Waals surface area (Å²) in [5.41, 5.74) is 3.85. The maximum Gasteiger partial charge on any atom is 0.315 e. The quantitative estimate of drug-likeness (QED) is 0.612. The van der Waals surface area contributed by atoms with Gasteiger partial charge in [-0.05, 0) is 29.7 Å². The lowest BCUT2D eigenvalue weighted by Crippen LogP contribution is -2.45. The molecule has 0 radical (unpaired) electrons. The van der Waals surface area contributed by atoms with Gasteiger partial charge < -0.3 is 20.9 Å². The van der Waals surface area contributed by atoms with Gasteiger partial charge in [-0.3, -0.25) is 4.79 Å². The topological polar surface area (TPSA) is 73.5 Å². The van der Waals surface area contributed by atoms with Gasteiger partial charge in [-0.25, -0.2) is 4.79 Å². The molecule has 2 heterocycles. The van der Waals surface area contributed by atoms with Crippen LogP contribution in [0.5, 0.6) is 0 Å². The van der Waals surface area contributed by atoms with E-state index in [-0.39, 0.29) is 30.1 Å². The van der Waals surface area contributed by atoms with Crippen LogP contribution < -0.4 is 20.9 Å². The number of nitrogens with one attached hydrogen (secondary N) is 3. The molecule has 0 bridgehead atoms. The third-order valence-corrected chi connectivity index (χ3v) is 5.95. The monoisotopic (exact) mass is 412 g/mol. The second-order valence-electron chi connectivity index (χ2n) is 7.98. The summed E-state index contributed by atoms with van der Waals surface area (Å²) in [5.74, 6) is -0.0187. The summed E-state index contributed by atoms with van der Waals surface area (Å²) in [6.45, 7) is 0.601. The molecule has 1 fully saturated rings. The number of amides is 3. The van der Waals surface area contributed by atoms with Crippen molar-refractivity contribution >= 4 is 23.3 Å². The molecule has 0 spiro atoms. The highest BCUT2D eigenvalue weighted by atomic mass is 16.2. The highest BCUT2D eigenvalue weighted by Crippen LogP contribution is 2.36. The number of hydrogen-bond donors (Lipinski definition) is 3. The average molecular weight is 412 g/mol. The zero-order valence-corrected chi connectivity index (χ0v) is 17.0. The van der Waals surface area contributed by atoms with E-state index in [1.807, 2.05) is 84.9 Å². The summed E-state index contributed by atoms with van der Waals surface area (Å²) >= 11 is 0. The van der Waals surface area contributed by atoms with Crippen LogP contribution in [0.4, 0.5) is 16.2 Å². The van der Waals surface area contributed by atoms with Gasteiger partial charge in [0.2, 0.25) is 5.91 Å². The second kappa shape index (κ2) is 8.14. The molecule has 6 heteroatoms. The molecule has 5 rings (SSSR count). The van der Waals surface area contributed by atoms with Gasteiger partial charge in [0, 0.05) is 6.54 Å². The van der Waals surface area contributed by atoms with Gasteiger partial charge in [0.25, 0.3) is 0 Å². The number of para-hydroxylation sites is 2. The number of urea groups is 1. The summed E-state index contributed by atoms with van der Waals surface area (Å²) in [7, 11) is 0. The van der Waals surface area contributed by atoms with Crippen molar-refractivity contribution in [1.82, 2.24) is 10.6 Å². The predicted octanol–water partition coefficient (Wildman–Crippen LogP) is 3.67. The molecule has 3 aromatic rings. The van der Waals surface area contributed by atoms with Crippen molar-refractivity contribution in [2.45, 2.75) is 24.5 Å². The molecule has 0 saturated carbocycles. The third kappa shape index (κ3) is 3.84. The normalized spacial score (nSPS) is 19.4. The fourth-order valence-corrected chi connectivity index (χ4v) is 4.51. The van der Waals surface area contributed by atoms with Crippen molar-refractivity contribution in [2.24, 2.45) is 0 Å². The van der Waals surface area contributed by atoms with Crippen LogP contribution in [0.15, 0.2) is 84.9 Å². The van der Waals surface area contributed by atoms with Crippen molar-refractivity contribution in [3.05, 3.63) is 96.1 Å². The molecule has 2 aliphatic heterocycles. The van der Waals surface area contributed by atoms with E-state index in [1.165, 1.54) is 0 Å². The molecular weight excluding hydrogens is 388 g/mol. The number of carbonyl (C=O) groups is 2. The van der Waals surface area contributed by atoms with Crippen LogP contribution >= 0.6 is 0 Å². The van der Waals surface area contributed by atoms with Crippen LogP contribution in [0.25, 0.3) is 0 Å². The van der Waals surface area contributed by atoms with Crippen molar-refractivity contribution in [3.63, 3.8) is 0 Å². The van der Waals surface area contributed by atoms with E-state index >= 15 is 0 Å². The summed E-state index contributed by atoms with van der Waals surface area (Å²) < 4.78 is 0. The van der Waals surface area contributed by atoms with Crippen LogP contribution in [-0.4, -0.2) is 30.6 Å². The SMILES string of the molecule is O=C(NC1CC2C(=O)Nc3ccccc3N2C1)NC(c1ccccc1)c1ccccc1. The largest absolute Gasteiger partial charge is 0.356 e. The van der Waals surface area contributed by atoms with E-state index in [2.05, 4.69) is 20.9 Å². The van der Waals surface area contributed by atoms with E-state index < -0.39 is 0 Å². The first-order chi connectivity index (χ1) is 15.2. The molecule has 3 aromatic carbocycles. The molecule has 3 N–H and O–H groups in total. The van der Waals surface area contributed by atoms with Gasteiger partial charge >= 0.3 is 6.03 Å². The van der Waals surface area contributed by atoms with Crippen LogP contribution in [0.2, 0.25) is 0 Å². The van der Waals surface area contributed by atoms with Crippen molar-refractivity contribution in [1.29, 1.82) is 0 Å². The maximum atomic E-state index is 12.9. The maximum absolute atomic E-state index is 12.9. The molecule has 2 unspecified atom stereocenters. The summed E-state index contributed by atoms with van der Waals surface area (Å²) in [6, 6.07) is 26.7. The fraction of sp³-hybridized carbons (Fsp3) is 0.200. The number of rotatable bonds is 4. The molecule has 2 aliphatic rings. The lowest BCUT2D eigenvalue weighted by atomic mass is 9.99. The Hall–Kier alpha value is -3.80. The summed E-state index contributed by atoms with van der Waals surface area (Å²) in [6.07, 6.45) is 0.578. The minimum atomic E-state index is -0.265. The van der Waals surface area contributed by atoms with Crippen molar-refractivity contribution in [2.75, 3.05) is 16.8 Å². The number of anilines is 2. The molecule has 6 nitrogen and oxygen atoms in total. The van der Waals surface area contributed by atoms with Crippen molar-refractivity contribution < 1.29 is 9.59 Å². The molecule has 1 saturated heterocycles. The van der Waals surface area contributed by atoms with Gasteiger partial charge in [-0.15, -0.1) is 0 Å².